The van der Waals surface area contributed by atoms with Crippen molar-refractivity contribution in [2.45, 2.75) is 59.4 Å². The Hall–Kier alpha value is -12.8. The summed E-state index contributed by atoms with van der Waals surface area (Å²) in [7, 11) is 0. The maximum Gasteiger partial charge on any atom is 0.330 e. The number of hydrogen-bond acceptors (Lipinski definition) is 15. The van der Waals surface area contributed by atoms with Gasteiger partial charge in [-0.15, -0.1) is 0 Å². The third-order valence-electron chi connectivity index (χ3n) is 13.6. The van der Waals surface area contributed by atoms with E-state index < -0.39 is 29.8 Å². The number of ether oxygens (including phenoxy) is 10. The molecular weight excluding hydrogens is 1360 g/mol. The molecule has 0 saturated carbocycles. The molecule has 0 bridgehead atoms. The minimum Gasteiger partial charge on any atom is -0.490 e. The van der Waals surface area contributed by atoms with Gasteiger partial charge in [-0.25, -0.2) is 24.0 Å². The number of hydrogen-bond donors (Lipinski definition) is 0. The summed E-state index contributed by atoms with van der Waals surface area (Å²) < 4.78 is 51.5. The lowest BCUT2D eigenvalue weighted by atomic mass is 10.1. The van der Waals surface area contributed by atoms with Gasteiger partial charge in [0.2, 0.25) is 0 Å². The Balaban J connectivity index is -0.00000125. The lowest BCUT2D eigenvalue weighted by Crippen LogP contribution is -2.10. The van der Waals surface area contributed by atoms with Crippen LogP contribution in [0, 0.1) is 0 Å². The van der Waals surface area contributed by atoms with Gasteiger partial charge in [0, 0.05) is 30.4 Å². The third-order valence-corrected chi connectivity index (χ3v) is 13.6. The van der Waals surface area contributed by atoms with Gasteiger partial charge in [-0.1, -0.05) is 305 Å². The van der Waals surface area contributed by atoms with Crippen LogP contribution in [-0.4, -0.2) is 95.9 Å². The van der Waals surface area contributed by atoms with Crippen LogP contribution in [0.4, 0.5) is 0 Å². The molecule has 0 aliphatic heterocycles. The van der Waals surface area contributed by atoms with E-state index in [1.807, 2.05) is 212 Å². The first-order chi connectivity index (χ1) is 49.0. The molecule has 0 spiro atoms. The van der Waals surface area contributed by atoms with Crippen molar-refractivity contribution in [3.8, 4) is 84.4 Å². The Morgan fingerprint density at radius 1 is 0.185 bits per heavy atom. The average Bonchev–Trinajstić information content (AvgIpc) is 0.897. The summed E-state index contributed by atoms with van der Waals surface area (Å²) in [5.41, 5.74) is 11.5. The molecule has 0 aromatic heterocycles. The Morgan fingerprint density at radius 2 is 0.306 bits per heavy atom. The second-order valence-electron chi connectivity index (χ2n) is 20.6. The fourth-order valence-corrected chi connectivity index (χ4v) is 8.67. The predicted molar refractivity (Wildman–Crippen MR) is 446 cm³/mol. The molecule has 574 valence electrons. The van der Waals surface area contributed by atoms with E-state index in [-0.39, 0.29) is 92.4 Å². The minimum absolute atomic E-state index is 0. The smallest absolute Gasteiger partial charge is 0.330 e. The monoisotopic (exact) mass is 1470 g/mol. The van der Waals surface area contributed by atoms with E-state index in [0.717, 1.165) is 86.9 Å². The zero-order valence-corrected chi connectivity index (χ0v) is 55.6. The van der Waals surface area contributed by atoms with E-state index >= 15 is 0 Å². The first kappa shape index (κ1) is 99.4. The van der Waals surface area contributed by atoms with Crippen molar-refractivity contribution < 1.29 is 71.3 Å². The van der Waals surface area contributed by atoms with Crippen LogP contribution < -0.4 is 23.7 Å². The summed E-state index contributed by atoms with van der Waals surface area (Å²) >= 11 is 0. The molecule has 0 atom stereocenters. The molecule has 0 unspecified atom stereocenters. The SMILES string of the molecule is C.C.C.C.C.C.C.C.C=CC(=O)OCCOc1ccc(-c2ccccc2)cc1.C=CC(=O)OCCOc1ccc(-c2ccccc2)cc1.C=CC(=O)OCCOc1ccc(-c2ccccc2)cc1.C=CC(=O)OCCOc1ccc(-c2ccccc2)cc1.C=CC(=O)OCCOc1ccc(-c2ccccc2)cc1. The van der Waals surface area contributed by atoms with Gasteiger partial charge in [0.15, 0.2) is 0 Å². The zero-order valence-electron chi connectivity index (χ0n) is 55.6. The maximum absolute atomic E-state index is 10.8. The number of carbonyl (C=O) groups is 5. The van der Waals surface area contributed by atoms with Crippen molar-refractivity contribution >= 4 is 29.8 Å². The molecule has 10 aromatic carbocycles. The summed E-state index contributed by atoms with van der Waals surface area (Å²) in [4.78, 5) is 54.1. The standard InChI is InChI=1S/5C17H16O3.8CH4/c5*1-2-17(18)20-13-12-19-16-10-8-15(9-11-16)14-6-4-3-5-7-14;;;;;;;;/h5*2-11H,1,12-13H2;8*1H4. The van der Waals surface area contributed by atoms with E-state index in [0.29, 0.717) is 33.0 Å². The molecule has 10 aromatic rings. The van der Waals surface area contributed by atoms with Gasteiger partial charge in [0.25, 0.3) is 0 Å². The summed E-state index contributed by atoms with van der Waals surface area (Å²) in [6, 6.07) is 89.6. The van der Waals surface area contributed by atoms with Gasteiger partial charge in [0.05, 0.1) is 0 Å². The molecule has 0 aliphatic carbocycles. The number of rotatable bonds is 30. The maximum atomic E-state index is 10.8. The van der Waals surface area contributed by atoms with Crippen LogP contribution in [0.1, 0.15) is 59.4 Å². The molecule has 0 saturated heterocycles. The first-order valence-electron chi connectivity index (χ1n) is 31.8. The van der Waals surface area contributed by atoms with Crippen LogP contribution in [0.5, 0.6) is 28.7 Å². The Morgan fingerprint density at radius 3 is 0.426 bits per heavy atom. The molecule has 0 radical (unpaired) electrons. The molecule has 0 N–H and O–H groups in total. The zero-order chi connectivity index (χ0) is 71.0. The Bertz CT molecular complexity index is 3420. The Kier molecular flexibility index (Phi) is 54.9. The second kappa shape index (κ2) is 59.6. The van der Waals surface area contributed by atoms with Crippen LogP contribution in [0.15, 0.2) is 336 Å². The predicted octanol–water partition coefficient (Wildman–Crippen LogP) is 22.4. The molecule has 108 heavy (non-hydrogen) atoms. The van der Waals surface area contributed by atoms with E-state index in [4.69, 9.17) is 47.4 Å². The minimum atomic E-state index is -0.437. The van der Waals surface area contributed by atoms with Gasteiger partial charge in [-0.05, 0) is 116 Å². The molecule has 0 aliphatic rings. The van der Waals surface area contributed by atoms with Crippen molar-refractivity contribution in [1.29, 1.82) is 0 Å². The highest BCUT2D eigenvalue weighted by atomic mass is 16.6. The number of esters is 5. The second-order valence-corrected chi connectivity index (χ2v) is 20.6. The molecule has 15 heteroatoms. The molecular formula is C93H112O15. The van der Waals surface area contributed by atoms with E-state index in [1.54, 1.807) is 0 Å². The third kappa shape index (κ3) is 39.2. The molecule has 10 rings (SSSR count). The van der Waals surface area contributed by atoms with Crippen molar-refractivity contribution in [3.63, 3.8) is 0 Å². The first-order valence-corrected chi connectivity index (χ1v) is 31.8. The van der Waals surface area contributed by atoms with Gasteiger partial charge < -0.3 is 47.4 Å². The number of benzene rings is 10. The quantitative estimate of drug-likeness (QED) is 0.0180. The summed E-state index contributed by atoms with van der Waals surface area (Å²) in [5, 5.41) is 0. The topological polar surface area (TPSA) is 178 Å². The van der Waals surface area contributed by atoms with Gasteiger partial charge in [-0.2, -0.15) is 0 Å². The van der Waals surface area contributed by atoms with E-state index in [2.05, 4.69) is 93.6 Å². The largest absolute Gasteiger partial charge is 0.490 e. The summed E-state index contributed by atoms with van der Waals surface area (Å²) in [6.07, 6.45) is 5.67. The van der Waals surface area contributed by atoms with Crippen LogP contribution in [0.25, 0.3) is 55.6 Å². The van der Waals surface area contributed by atoms with Crippen LogP contribution in [0.3, 0.4) is 0 Å². The lowest BCUT2D eigenvalue weighted by Gasteiger charge is -2.07. The van der Waals surface area contributed by atoms with E-state index in [9.17, 15) is 24.0 Å². The lowest BCUT2D eigenvalue weighted by molar-refractivity contribution is -0.139. The fourth-order valence-electron chi connectivity index (χ4n) is 8.67. The van der Waals surface area contributed by atoms with Gasteiger partial charge in [0.1, 0.15) is 94.8 Å². The van der Waals surface area contributed by atoms with Crippen LogP contribution >= 0.6 is 0 Å². The molecule has 0 fully saturated rings. The van der Waals surface area contributed by atoms with Crippen LogP contribution in [-0.2, 0) is 47.7 Å². The van der Waals surface area contributed by atoms with Crippen molar-refractivity contribution in [2.24, 2.45) is 0 Å². The van der Waals surface area contributed by atoms with Crippen molar-refractivity contribution in [3.05, 3.63) is 336 Å². The van der Waals surface area contributed by atoms with Crippen molar-refractivity contribution in [2.75, 3.05) is 66.1 Å². The fraction of sp³-hybridized carbons (Fsp3) is 0.194. The van der Waals surface area contributed by atoms with E-state index in [1.165, 1.54) is 27.8 Å². The molecule has 15 nitrogen and oxygen atoms in total. The van der Waals surface area contributed by atoms with Crippen LogP contribution in [0.2, 0.25) is 0 Å². The summed E-state index contributed by atoms with van der Waals surface area (Å²) in [6.45, 7) is 19.3. The highest BCUT2D eigenvalue weighted by molar-refractivity contribution is 5.83. The highest BCUT2D eigenvalue weighted by Crippen LogP contribution is 2.27. The molecule has 0 heterocycles. The Labute approximate surface area is 644 Å². The normalized spacial score (nSPS) is 9.07. The molecule has 0 amide bonds. The van der Waals surface area contributed by atoms with Crippen molar-refractivity contribution in [1.82, 2.24) is 0 Å². The summed E-state index contributed by atoms with van der Waals surface area (Å²) in [5.74, 6) is 1.56. The average molecular weight is 1470 g/mol. The van der Waals surface area contributed by atoms with Gasteiger partial charge in [-0.3, -0.25) is 0 Å². The number of carbonyl (C=O) groups excluding carboxylic acids is 5. The van der Waals surface area contributed by atoms with Gasteiger partial charge >= 0.3 is 29.8 Å². The highest BCUT2D eigenvalue weighted by Gasteiger charge is 2.06.